The van der Waals surface area contributed by atoms with E-state index in [2.05, 4.69) is 10.1 Å². The summed E-state index contributed by atoms with van der Waals surface area (Å²) in [5, 5.41) is 13.5. The molecule has 1 aromatic carbocycles. The van der Waals surface area contributed by atoms with E-state index in [4.69, 9.17) is 20.9 Å². The molecule has 1 unspecified atom stereocenters. The first-order chi connectivity index (χ1) is 8.74. The van der Waals surface area contributed by atoms with Gasteiger partial charge in [0, 0.05) is 12.2 Å². The fraction of sp³-hybridized carbons (Fsp3) is 0.333. The lowest BCUT2D eigenvalue weighted by atomic mass is 10.2. The molecule has 18 heavy (non-hydrogen) atoms. The third kappa shape index (κ3) is 2.07. The van der Waals surface area contributed by atoms with Crippen molar-refractivity contribution < 1.29 is 14.4 Å². The molecule has 1 aliphatic heterocycles. The zero-order valence-corrected chi connectivity index (χ0v) is 10.2. The summed E-state index contributed by atoms with van der Waals surface area (Å²) in [5.41, 5.74) is 0.676. The molecule has 5 nitrogen and oxygen atoms in total. The maximum Gasteiger partial charge on any atom is 0.258 e. The molecule has 2 heterocycles. The van der Waals surface area contributed by atoms with E-state index in [1.807, 2.05) is 0 Å². The Labute approximate surface area is 108 Å². The summed E-state index contributed by atoms with van der Waals surface area (Å²) >= 11 is 5.83. The predicted molar refractivity (Wildman–Crippen MR) is 64.3 cm³/mol. The number of benzene rings is 1. The highest BCUT2D eigenvalue weighted by Crippen LogP contribution is 2.31. The van der Waals surface area contributed by atoms with Crippen LogP contribution in [-0.2, 0) is 4.74 Å². The van der Waals surface area contributed by atoms with Gasteiger partial charge in [0.2, 0.25) is 5.82 Å². The Hall–Kier alpha value is -1.59. The van der Waals surface area contributed by atoms with Crippen molar-refractivity contribution in [1.82, 2.24) is 10.1 Å². The Kier molecular flexibility index (Phi) is 2.93. The van der Waals surface area contributed by atoms with Gasteiger partial charge in [0.15, 0.2) is 0 Å². The third-order valence-electron chi connectivity index (χ3n) is 2.85. The van der Waals surface area contributed by atoms with Crippen LogP contribution in [0, 0.1) is 0 Å². The predicted octanol–water partition coefficient (Wildman–Crippen LogP) is 2.95. The molecule has 1 fully saturated rings. The Bertz CT molecular complexity index is 564. The molecule has 0 bridgehead atoms. The first-order valence-corrected chi connectivity index (χ1v) is 6.06. The number of aromatic hydroxyl groups is 1. The van der Waals surface area contributed by atoms with Crippen molar-refractivity contribution in [2.24, 2.45) is 0 Å². The Morgan fingerprint density at radius 2 is 2.28 bits per heavy atom. The SMILES string of the molecule is Oc1ccc(-c2nc(C3CCCO3)no2)cc1Cl. The molecule has 0 saturated carbocycles. The summed E-state index contributed by atoms with van der Waals surface area (Å²) in [6.07, 6.45) is 1.85. The highest BCUT2D eigenvalue weighted by atomic mass is 35.5. The quantitative estimate of drug-likeness (QED) is 0.905. The van der Waals surface area contributed by atoms with Gasteiger partial charge in [0.05, 0.1) is 5.02 Å². The minimum absolute atomic E-state index is 0.0271. The van der Waals surface area contributed by atoms with Gasteiger partial charge in [-0.25, -0.2) is 0 Å². The van der Waals surface area contributed by atoms with Gasteiger partial charge in [-0.05, 0) is 31.0 Å². The van der Waals surface area contributed by atoms with E-state index in [9.17, 15) is 5.11 Å². The highest BCUT2D eigenvalue weighted by molar-refractivity contribution is 6.32. The lowest BCUT2D eigenvalue weighted by Crippen LogP contribution is -1.97. The summed E-state index contributed by atoms with van der Waals surface area (Å²) in [6, 6.07) is 4.76. The van der Waals surface area contributed by atoms with E-state index in [0.717, 1.165) is 19.4 Å². The zero-order chi connectivity index (χ0) is 12.5. The van der Waals surface area contributed by atoms with Crippen LogP contribution in [0.2, 0.25) is 5.02 Å². The van der Waals surface area contributed by atoms with Crippen molar-refractivity contribution in [3.05, 3.63) is 29.0 Å². The Morgan fingerprint density at radius 1 is 1.39 bits per heavy atom. The van der Waals surface area contributed by atoms with Crippen LogP contribution in [0.4, 0.5) is 0 Å². The van der Waals surface area contributed by atoms with Crippen LogP contribution in [0.5, 0.6) is 5.75 Å². The van der Waals surface area contributed by atoms with Gasteiger partial charge in [0.25, 0.3) is 5.89 Å². The topological polar surface area (TPSA) is 68.4 Å². The van der Waals surface area contributed by atoms with Crippen LogP contribution in [0.3, 0.4) is 0 Å². The lowest BCUT2D eigenvalue weighted by Gasteiger charge is -2.01. The summed E-state index contributed by atoms with van der Waals surface area (Å²) in [5.74, 6) is 0.966. The van der Waals surface area contributed by atoms with Crippen LogP contribution in [-0.4, -0.2) is 21.9 Å². The number of phenolic OH excluding ortho intramolecular Hbond substituents is 1. The molecule has 0 aliphatic carbocycles. The van der Waals surface area contributed by atoms with Gasteiger partial charge in [-0.15, -0.1) is 0 Å². The van der Waals surface area contributed by atoms with E-state index in [-0.39, 0.29) is 16.9 Å². The first-order valence-electron chi connectivity index (χ1n) is 5.68. The van der Waals surface area contributed by atoms with Crippen molar-refractivity contribution in [3.8, 4) is 17.2 Å². The molecule has 1 aliphatic rings. The molecule has 1 N–H and O–H groups in total. The Morgan fingerprint density at radius 3 is 3.00 bits per heavy atom. The van der Waals surface area contributed by atoms with Gasteiger partial charge < -0.3 is 14.4 Å². The fourth-order valence-electron chi connectivity index (χ4n) is 1.90. The number of rotatable bonds is 2. The fourth-order valence-corrected chi connectivity index (χ4v) is 2.08. The molecule has 3 rings (SSSR count). The van der Waals surface area contributed by atoms with Crippen LogP contribution < -0.4 is 0 Å². The van der Waals surface area contributed by atoms with Crippen LogP contribution in [0.1, 0.15) is 24.8 Å². The average Bonchev–Trinajstić information content (AvgIpc) is 3.01. The Balaban J connectivity index is 1.89. The minimum atomic E-state index is -0.0740. The maximum atomic E-state index is 9.35. The normalized spacial score (nSPS) is 19.3. The summed E-state index contributed by atoms with van der Waals surface area (Å²) in [4.78, 5) is 4.29. The second-order valence-electron chi connectivity index (χ2n) is 4.13. The number of halogens is 1. The molecule has 0 amide bonds. The number of hydrogen-bond donors (Lipinski definition) is 1. The number of hydrogen-bond acceptors (Lipinski definition) is 5. The smallest absolute Gasteiger partial charge is 0.258 e. The lowest BCUT2D eigenvalue weighted by molar-refractivity contribution is 0.103. The van der Waals surface area contributed by atoms with Gasteiger partial charge >= 0.3 is 0 Å². The number of ether oxygens (including phenoxy) is 1. The third-order valence-corrected chi connectivity index (χ3v) is 3.16. The number of aromatic nitrogens is 2. The molecule has 0 spiro atoms. The van der Waals surface area contributed by atoms with Crippen molar-refractivity contribution in [1.29, 1.82) is 0 Å². The highest BCUT2D eigenvalue weighted by Gasteiger charge is 2.23. The number of phenols is 1. The maximum absolute atomic E-state index is 9.35. The average molecular weight is 267 g/mol. The molecule has 1 aromatic heterocycles. The summed E-state index contributed by atoms with van der Waals surface area (Å²) in [7, 11) is 0. The second kappa shape index (κ2) is 4.59. The molecular weight excluding hydrogens is 256 g/mol. The van der Waals surface area contributed by atoms with E-state index in [0.29, 0.717) is 17.3 Å². The summed E-state index contributed by atoms with van der Waals surface area (Å²) < 4.78 is 10.7. The monoisotopic (exact) mass is 266 g/mol. The molecule has 94 valence electrons. The van der Waals surface area contributed by atoms with Gasteiger partial charge in [-0.3, -0.25) is 0 Å². The van der Waals surface area contributed by atoms with Gasteiger partial charge in [0.1, 0.15) is 11.9 Å². The minimum Gasteiger partial charge on any atom is -0.506 e. The first kappa shape index (κ1) is 11.5. The van der Waals surface area contributed by atoms with Crippen molar-refractivity contribution in [2.45, 2.75) is 18.9 Å². The van der Waals surface area contributed by atoms with Crippen LogP contribution in [0.15, 0.2) is 22.7 Å². The van der Waals surface area contributed by atoms with Crippen molar-refractivity contribution in [3.63, 3.8) is 0 Å². The number of nitrogens with zero attached hydrogens (tertiary/aromatic N) is 2. The molecule has 1 atom stereocenters. The van der Waals surface area contributed by atoms with Gasteiger partial charge in [-0.1, -0.05) is 16.8 Å². The molecule has 2 aromatic rings. The molecule has 0 radical (unpaired) electrons. The second-order valence-corrected chi connectivity index (χ2v) is 4.53. The molecular formula is C12H11ClN2O3. The summed E-state index contributed by atoms with van der Waals surface area (Å²) in [6.45, 7) is 0.736. The molecule has 6 heteroatoms. The standard InChI is InChI=1S/C12H11ClN2O3/c13-8-6-7(3-4-9(8)16)12-14-11(15-18-12)10-2-1-5-17-10/h3-4,6,10,16H,1-2,5H2. The molecule has 1 saturated heterocycles. The van der Waals surface area contributed by atoms with E-state index >= 15 is 0 Å². The zero-order valence-electron chi connectivity index (χ0n) is 9.47. The largest absolute Gasteiger partial charge is 0.506 e. The van der Waals surface area contributed by atoms with E-state index in [1.54, 1.807) is 12.1 Å². The van der Waals surface area contributed by atoms with Crippen LogP contribution in [0.25, 0.3) is 11.5 Å². The van der Waals surface area contributed by atoms with Gasteiger partial charge in [-0.2, -0.15) is 4.98 Å². The van der Waals surface area contributed by atoms with Crippen LogP contribution >= 0.6 is 11.6 Å². The van der Waals surface area contributed by atoms with Crippen molar-refractivity contribution in [2.75, 3.05) is 6.61 Å². The van der Waals surface area contributed by atoms with E-state index in [1.165, 1.54) is 6.07 Å². The van der Waals surface area contributed by atoms with E-state index < -0.39 is 0 Å². The van der Waals surface area contributed by atoms with Crippen molar-refractivity contribution >= 4 is 11.6 Å².